The average Bonchev–Trinajstić information content (AvgIpc) is 3.45. The van der Waals surface area contributed by atoms with Crippen LogP contribution in [0.15, 0.2) is 65.7 Å². The predicted molar refractivity (Wildman–Crippen MR) is 123 cm³/mol. The number of hydrogen-bond donors (Lipinski definition) is 0. The van der Waals surface area contributed by atoms with Crippen molar-refractivity contribution >= 4 is 48.5 Å². The molecule has 0 radical (unpaired) electrons. The Morgan fingerprint density at radius 3 is 2.97 bits per heavy atom. The number of hydrogen-bond acceptors (Lipinski definition) is 6. The van der Waals surface area contributed by atoms with Gasteiger partial charge in [-0.3, -0.25) is 9.69 Å². The fourth-order valence-corrected chi connectivity index (χ4v) is 5.00. The molecule has 31 heavy (non-hydrogen) atoms. The lowest BCUT2D eigenvalue weighted by molar-refractivity contribution is -0.127. The Morgan fingerprint density at radius 1 is 1.26 bits per heavy atom. The number of aromatic nitrogens is 3. The topological polar surface area (TPSA) is 69.5 Å². The van der Waals surface area contributed by atoms with Crippen LogP contribution in [0.4, 0.5) is 5.13 Å². The van der Waals surface area contributed by atoms with Gasteiger partial charge in [-0.25, -0.2) is 9.97 Å². The molecule has 4 aromatic rings. The van der Waals surface area contributed by atoms with Gasteiger partial charge in [0, 0.05) is 30.0 Å². The van der Waals surface area contributed by atoms with Crippen LogP contribution in [0.5, 0.6) is 11.5 Å². The van der Waals surface area contributed by atoms with Gasteiger partial charge in [0.2, 0.25) is 6.10 Å². The van der Waals surface area contributed by atoms with Crippen molar-refractivity contribution in [2.45, 2.75) is 19.1 Å². The first-order valence-electron chi connectivity index (χ1n) is 9.89. The monoisotopic (exact) mass is 498 g/mol. The lowest BCUT2D eigenvalue weighted by Crippen LogP contribution is -2.47. The maximum Gasteiger partial charge on any atom is 0.273 e. The number of rotatable bonds is 6. The van der Waals surface area contributed by atoms with Gasteiger partial charge < -0.3 is 14.0 Å². The molecule has 1 amide bonds. The lowest BCUT2D eigenvalue weighted by Gasteiger charge is -2.29. The summed E-state index contributed by atoms with van der Waals surface area (Å²) in [5.74, 6) is 1.08. The van der Waals surface area contributed by atoms with Crippen molar-refractivity contribution in [1.29, 1.82) is 0 Å². The number of fused-ring (bicyclic) bond motifs is 2. The number of aryl methyl sites for hydroxylation is 1. The first-order valence-corrected chi connectivity index (χ1v) is 11.5. The molecule has 1 aliphatic heterocycles. The minimum absolute atomic E-state index is 0.154. The van der Waals surface area contributed by atoms with Gasteiger partial charge in [-0.05, 0) is 36.8 Å². The SMILES string of the molecule is O=C(C1COc2ccccc2O1)N(CCCn1ccnc1)c1nc2ccc(Br)cc2s1. The molecule has 1 atom stereocenters. The number of anilines is 1. The van der Waals surface area contributed by atoms with E-state index in [1.807, 2.05) is 53.2 Å². The second-order valence-corrected chi connectivity index (χ2v) is 9.04. The van der Waals surface area contributed by atoms with E-state index in [-0.39, 0.29) is 12.5 Å². The normalized spacial score (nSPS) is 15.2. The van der Waals surface area contributed by atoms with Crippen molar-refractivity contribution < 1.29 is 14.3 Å². The third-order valence-electron chi connectivity index (χ3n) is 4.98. The first kappa shape index (κ1) is 20.0. The third-order valence-corrected chi connectivity index (χ3v) is 6.51. The maximum absolute atomic E-state index is 13.5. The van der Waals surface area contributed by atoms with Crippen molar-refractivity contribution in [1.82, 2.24) is 14.5 Å². The van der Waals surface area contributed by atoms with E-state index in [4.69, 9.17) is 14.5 Å². The molecule has 0 N–H and O–H groups in total. The predicted octanol–water partition coefficient (Wildman–Crippen LogP) is 4.52. The molecule has 2 aromatic heterocycles. The van der Waals surface area contributed by atoms with Crippen LogP contribution < -0.4 is 14.4 Å². The van der Waals surface area contributed by atoms with Crippen molar-refractivity contribution in [2.24, 2.45) is 0 Å². The molecule has 0 spiro atoms. The summed E-state index contributed by atoms with van der Waals surface area (Å²) >= 11 is 5.00. The highest BCUT2D eigenvalue weighted by Gasteiger charge is 2.33. The molecule has 158 valence electrons. The molecule has 1 unspecified atom stereocenters. The minimum Gasteiger partial charge on any atom is -0.485 e. The fourth-order valence-electron chi connectivity index (χ4n) is 3.45. The van der Waals surface area contributed by atoms with E-state index in [1.165, 1.54) is 11.3 Å². The Morgan fingerprint density at radius 2 is 2.13 bits per heavy atom. The number of benzene rings is 2. The molecule has 0 saturated heterocycles. The Bertz CT molecular complexity index is 1210. The molecular weight excluding hydrogens is 480 g/mol. The lowest BCUT2D eigenvalue weighted by atomic mass is 10.2. The van der Waals surface area contributed by atoms with E-state index >= 15 is 0 Å². The van der Waals surface area contributed by atoms with Crippen molar-refractivity contribution in [3.63, 3.8) is 0 Å². The van der Waals surface area contributed by atoms with Crippen LogP contribution in [-0.4, -0.2) is 39.7 Å². The fraction of sp³-hybridized carbons (Fsp3) is 0.227. The summed E-state index contributed by atoms with van der Waals surface area (Å²) in [6.07, 6.45) is 5.47. The summed E-state index contributed by atoms with van der Waals surface area (Å²) in [6.45, 7) is 1.44. The number of para-hydroxylation sites is 2. The van der Waals surface area contributed by atoms with Crippen LogP contribution in [0.3, 0.4) is 0 Å². The molecule has 1 aliphatic rings. The summed E-state index contributed by atoms with van der Waals surface area (Å²) in [7, 11) is 0. The Balaban J connectivity index is 1.40. The number of imidazole rings is 1. The van der Waals surface area contributed by atoms with E-state index in [1.54, 1.807) is 17.4 Å². The Hall–Kier alpha value is -2.91. The van der Waals surface area contributed by atoms with Crippen LogP contribution >= 0.6 is 27.3 Å². The minimum atomic E-state index is -0.720. The number of amides is 1. The molecule has 0 bridgehead atoms. The molecule has 0 saturated carbocycles. The highest BCUT2D eigenvalue weighted by molar-refractivity contribution is 9.10. The number of thiazole rings is 1. The summed E-state index contributed by atoms with van der Waals surface area (Å²) < 4.78 is 15.7. The standard InChI is InChI=1S/C22H19BrN4O3S/c23-15-6-7-16-20(12-15)31-22(25-16)27(10-3-9-26-11-8-24-14-26)21(28)19-13-29-17-4-1-2-5-18(17)30-19/h1-2,4-8,11-12,14,19H,3,9-10,13H2. The molecule has 2 aromatic carbocycles. The van der Waals surface area contributed by atoms with Gasteiger partial charge >= 0.3 is 0 Å². The molecule has 0 fully saturated rings. The summed E-state index contributed by atoms with van der Waals surface area (Å²) in [5.41, 5.74) is 0.863. The van der Waals surface area contributed by atoms with Crippen LogP contribution in [0.1, 0.15) is 6.42 Å². The number of halogens is 1. The van der Waals surface area contributed by atoms with Gasteiger partial charge in [0.05, 0.1) is 16.5 Å². The molecule has 9 heteroatoms. The van der Waals surface area contributed by atoms with E-state index in [9.17, 15) is 4.79 Å². The van der Waals surface area contributed by atoms with E-state index in [0.717, 1.165) is 27.7 Å². The summed E-state index contributed by atoms with van der Waals surface area (Å²) in [5, 5.41) is 0.659. The number of ether oxygens (including phenoxy) is 2. The van der Waals surface area contributed by atoms with Gasteiger partial charge in [0.1, 0.15) is 6.61 Å². The van der Waals surface area contributed by atoms with E-state index in [0.29, 0.717) is 23.2 Å². The van der Waals surface area contributed by atoms with Crippen molar-refractivity contribution in [2.75, 3.05) is 18.1 Å². The van der Waals surface area contributed by atoms with Gasteiger partial charge in [0.15, 0.2) is 16.6 Å². The first-order chi connectivity index (χ1) is 15.2. The third kappa shape index (κ3) is 4.28. The maximum atomic E-state index is 13.5. The van der Waals surface area contributed by atoms with Crippen LogP contribution in [-0.2, 0) is 11.3 Å². The quantitative estimate of drug-likeness (QED) is 0.390. The molecule has 3 heterocycles. The van der Waals surface area contributed by atoms with Crippen molar-refractivity contribution in [3.05, 3.63) is 65.7 Å². The highest BCUT2D eigenvalue weighted by atomic mass is 79.9. The zero-order valence-electron chi connectivity index (χ0n) is 16.5. The summed E-state index contributed by atoms with van der Waals surface area (Å²) in [6, 6.07) is 13.3. The Kier molecular flexibility index (Phi) is 5.61. The van der Waals surface area contributed by atoms with Gasteiger partial charge in [-0.1, -0.05) is 39.4 Å². The van der Waals surface area contributed by atoms with Gasteiger partial charge in [-0.15, -0.1) is 0 Å². The number of carbonyl (C=O) groups excluding carboxylic acids is 1. The molecular formula is C22H19BrN4O3S. The number of nitrogens with zero attached hydrogens (tertiary/aromatic N) is 4. The zero-order valence-corrected chi connectivity index (χ0v) is 18.9. The second-order valence-electron chi connectivity index (χ2n) is 7.12. The van der Waals surface area contributed by atoms with E-state index in [2.05, 4.69) is 20.9 Å². The molecule has 0 aliphatic carbocycles. The van der Waals surface area contributed by atoms with Gasteiger partial charge in [0.25, 0.3) is 5.91 Å². The van der Waals surface area contributed by atoms with Gasteiger partial charge in [-0.2, -0.15) is 0 Å². The average molecular weight is 499 g/mol. The number of carbonyl (C=O) groups is 1. The smallest absolute Gasteiger partial charge is 0.273 e. The molecule has 5 rings (SSSR count). The molecule has 7 nitrogen and oxygen atoms in total. The van der Waals surface area contributed by atoms with Crippen LogP contribution in [0.2, 0.25) is 0 Å². The second kappa shape index (κ2) is 8.68. The Labute approximate surface area is 191 Å². The van der Waals surface area contributed by atoms with E-state index < -0.39 is 6.10 Å². The van der Waals surface area contributed by atoms with Crippen molar-refractivity contribution in [3.8, 4) is 11.5 Å². The summed E-state index contributed by atoms with van der Waals surface area (Å²) in [4.78, 5) is 24.0. The highest BCUT2D eigenvalue weighted by Crippen LogP contribution is 2.34. The van der Waals surface area contributed by atoms with Crippen LogP contribution in [0.25, 0.3) is 10.2 Å². The van der Waals surface area contributed by atoms with Crippen LogP contribution in [0, 0.1) is 0 Å². The zero-order chi connectivity index (χ0) is 21.2. The largest absolute Gasteiger partial charge is 0.485 e.